The van der Waals surface area contributed by atoms with Crippen molar-refractivity contribution in [2.24, 2.45) is 0 Å². The van der Waals surface area contributed by atoms with Gasteiger partial charge in [0.1, 0.15) is 0 Å². The van der Waals surface area contributed by atoms with Gasteiger partial charge in [-0.3, -0.25) is 25.4 Å². The first-order valence-electron chi connectivity index (χ1n) is 6.13. The van der Waals surface area contributed by atoms with Crippen LogP contribution in [0.2, 0.25) is 5.02 Å². The third kappa shape index (κ3) is 5.32. The molecule has 0 bridgehead atoms. The number of benzene rings is 1. The average molecular weight is 401 g/mol. The van der Waals surface area contributed by atoms with E-state index in [1.54, 1.807) is 24.4 Å². The number of hydrogen-bond acceptors (Lipinski definition) is 4. The van der Waals surface area contributed by atoms with Crippen LogP contribution in [0.25, 0.3) is 0 Å². The van der Waals surface area contributed by atoms with E-state index in [0.29, 0.717) is 15.1 Å². The SMILES string of the molecule is O=C(CSc1ccc(Cl)cc1)NNC(=O)c1cncc(Br)c1. The molecular formula is C14H11BrClN3O2S. The molecule has 2 rings (SSSR count). The quantitative estimate of drug-likeness (QED) is 0.611. The highest BCUT2D eigenvalue weighted by atomic mass is 79.9. The second-order valence-corrected chi connectivity index (χ2v) is 6.54. The van der Waals surface area contributed by atoms with Gasteiger partial charge in [-0.15, -0.1) is 11.8 Å². The zero-order chi connectivity index (χ0) is 15.9. The molecule has 2 amide bonds. The lowest BCUT2D eigenvalue weighted by atomic mass is 10.3. The molecule has 1 aromatic carbocycles. The number of nitrogens with zero attached hydrogens (tertiary/aromatic N) is 1. The van der Waals surface area contributed by atoms with E-state index in [1.807, 2.05) is 12.1 Å². The molecule has 1 heterocycles. The topological polar surface area (TPSA) is 71.1 Å². The average Bonchev–Trinajstić information content (AvgIpc) is 2.52. The van der Waals surface area contributed by atoms with E-state index in [9.17, 15) is 9.59 Å². The highest BCUT2D eigenvalue weighted by Crippen LogP contribution is 2.19. The minimum Gasteiger partial charge on any atom is -0.272 e. The number of amides is 2. The van der Waals surface area contributed by atoms with E-state index in [4.69, 9.17) is 11.6 Å². The highest BCUT2D eigenvalue weighted by Gasteiger charge is 2.08. The molecule has 0 radical (unpaired) electrons. The Balaban J connectivity index is 1.78. The summed E-state index contributed by atoms with van der Waals surface area (Å²) in [6.45, 7) is 0. The Morgan fingerprint density at radius 2 is 1.91 bits per heavy atom. The number of nitrogens with one attached hydrogen (secondary N) is 2. The molecule has 22 heavy (non-hydrogen) atoms. The minimum atomic E-state index is -0.432. The monoisotopic (exact) mass is 399 g/mol. The second kappa shape index (κ2) is 8.17. The van der Waals surface area contributed by atoms with Crippen LogP contribution in [0.15, 0.2) is 52.1 Å². The van der Waals surface area contributed by atoms with Gasteiger partial charge in [0.15, 0.2) is 0 Å². The maximum Gasteiger partial charge on any atom is 0.271 e. The van der Waals surface area contributed by atoms with Crippen molar-refractivity contribution in [3.63, 3.8) is 0 Å². The van der Waals surface area contributed by atoms with Gasteiger partial charge in [-0.05, 0) is 46.3 Å². The number of rotatable bonds is 4. The number of pyridine rings is 1. The van der Waals surface area contributed by atoms with Gasteiger partial charge < -0.3 is 0 Å². The lowest BCUT2D eigenvalue weighted by molar-refractivity contribution is -0.119. The molecule has 0 unspecified atom stereocenters. The number of hydrazine groups is 1. The van der Waals surface area contributed by atoms with E-state index in [1.165, 1.54) is 18.0 Å². The van der Waals surface area contributed by atoms with Gasteiger partial charge in [0, 0.05) is 26.8 Å². The summed E-state index contributed by atoms with van der Waals surface area (Å²) in [5.74, 6) is -0.562. The van der Waals surface area contributed by atoms with Gasteiger partial charge in [-0.1, -0.05) is 11.6 Å². The van der Waals surface area contributed by atoms with Crippen molar-refractivity contribution in [2.75, 3.05) is 5.75 Å². The van der Waals surface area contributed by atoms with Crippen molar-refractivity contribution in [3.05, 3.63) is 57.8 Å². The highest BCUT2D eigenvalue weighted by molar-refractivity contribution is 9.10. The number of carbonyl (C=O) groups is 2. The van der Waals surface area contributed by atoms with Crippen LogP contribution >= 0.6 is 39.3 Å². The van der Waals surface area contributed by atoms with Gasteiger partial charge in [0.2, 0.25) is 5.91 Å². The zero-order valence-electron chi connectivity index (χ0n) is 11.2. The van der Waals surface area contributed by atoms with Crippen molar-refractivity contribution in [1.82, 2.24) is 15.8 Å². The maximum absolute atomic E-state index is 11.8. The van der Waals surface area contributed by atoms with Crippen LogP contribution in [0.1, 0.15) is 10.4 Å². The van der Waals surface area contributed by atoms with E-state index in [2.05, 4.69) is 31.8 Å². The fourth-order valence-corrected chi connectivity index (χ4v) is 2.64. The summed E-state index contributed by atoms with van der Waals surface area (Å²) in [6, 6.07) is 8.77. The Kier molecular flexibility index (Phi) is 6.23. The maximum atomic E-state index is 11.8. The molecule has 5 nitrogen and oxygen atoms in total. The third-order valence-corrected chi connectivity index (χ3v) is 4.16. The Labute approximate surface area is 144 Å². The molecule has 0 aliphatic carbocycles. The molecular weight excluding hydrogens is 390 g/mol. The van der Waals surface area contributed by atoms with E-state index < -0.39 is 5.91 Å². The largest absolute Gasteiger partial charge is 0.272 e. The normalized spacial score (nSPS) is 10.1. The Morgan fingerprint density at radius 3 is 2.59 bits per heavy atom. The standard InChI is InChI=1S/C14H11BrClN3O2S/c15-10-5-9(6-17-7-10)14(21)19-18-13(20)8-22-12-3-1-11(16)2-4-12/h1-7H,8H2,(H,18,20)(H,19,21). The van der Waals surface area contributed by atoms with Gasteiger partial charge in [-0.2, -0.15) is 0 Å². The van der Waals surface area contributed by atoms with Crippen molar-refractivity contribution in [2.45, 2.75) is 4.90 Å². The number of halogens is 2. The first-order valence-corrected chi connectivity index (χ1v) is 8.28. The van der Waals surface area contributed by atoms with E-state index >= 15 is 0 Å². The molecule has 2 aromatic rings. The Hall–Kier alpha value is -1.57. The molecule has 0 spiro atoms. The summed E-state index contributed by atoms with van der Waals surface area (Å²) in [5, 5.41) is 0.642. The first-order chi connectivity index (χ1) is 10.5. The number of hydrogen-bond donors (Lipinski definition) is 2. The predicted molar refractivity (Wildman–Crippen MR) is 89.7 cm³/mol. The summed E-state index contributed by atoms with van der Waals surface area (Å²) >= 11 is 10.4. The van der Waals surface area contributed by atoms with Crippen molar-refractivity contribution < 1.29 is 9.59 Å². The zero-order valence-corrected chi connectivity index (χ0v) is 14.3. The summed E-state index contributed by atoms with van der Waals surface area (Å²) in [5.41, 5.74) is 5.04. The van der Waals surface area contributed by atoms with Gasteiger partial charge in [0.25, 0.3) is 5.91 Å². The van der Waals surface area contributed by atoms with Gasteiger partial charge >= 0.3 is 0 Å². The van der Waals surface area contributed by atoms with E-state index in [-0.39, 0.29) is 11.7 Å². The lowest BCUT2D eigenvalue weighted by Crippen LogP contribution is -2.42. The molecule has 0 aliphatic rings. The van der Waals surface area contributed by atoms with Crippen LogP contribution in [0.4, 0.5) is 0 Å². The molecule has 0 aliphatic heterocycles. The lowest BCUT2D eigenvalue weighted by Gasteiger charge is -2.07. The number of thioether (sulfide) groups is 1. The Bertz CT molecular complexity index is 682. The summed E-state index contributed by atoms with van der Waals surface area (Å²) in [4.78, 5) is 28.3. The molecule has 0 fully saturated rings. The summed E-state index contributed by atoms with van der Waals surface area (Å²) < 4.78 is 0.685. The van der Waals surface area contributed by atoms with Crippen molar-refractivity contribution in [3.8, 4) is 0 Å². The molecule has 8 heteroatoms. The van der Waals surface area contributed by atoms with Crippen LogP contribution in [-0.2, 0) is 4.79 Å². The first kappa shape index (κ1) is 16.8. The van der Waals surface area contributed by atoms with Crippen LogP contribution in [0.3, 0.4) is 0 Å². The summed E-state index contributed by atoms with van der Waals surface area (Å²) in [6.07, 6.45) is 2.98. The molecule has 114 valence electrons. The Morgan fingerprint density at radius 1 is 1.18 bits per heavy atom. The van der Waals surface area contributed by atoms with Gasteiger partial charge in [0.05, 0.1) is 11.3 Å². The third-order valence-electron chi connectivity index (χ3n) is 2.47. The van der Waals surface area contributed by atoms with Gasteiger partial charge in [-0.25, -0.2) is 0 Å². The minimum absolute atomic E-state index is 0.179. The van der Waals surface area contributed by atoms with Crippen LogP contribution in [0.5, 0.6) is 0 Å². The fraction of sp³-hybridized carbons (Fsp3) is 0.0714. The molecule has 0 atom stereocenters. The molecule has 0 saturated heterocycles. The number of carbonyl (C=O) groups excluding carboxylic acids is 2. The van der Waals surface area contributed by atoms with Crippen LogP contribution < -0.4 is 10.9 Å². The van der Waals surface area contributed by atoms with Crippen LogP contribution in [0, 0.1) is 0 Å². The van der Waals surface area contributed by atoms with E-state index in [0.717, 1.165) is 4.90 Å². The van der Waals surface area contributed by atoms with Crippen molar-refractivity contribution >= 4 is 51.1 Å². The fourth-order valence-electron chi connectivity index (χ4n) is 1.45. The summed E-state index contributed by atoms with van der Waals surface area (Å²) in [7, 11) is 0. The van der Waals surface area contributed by atoms with Crippen LogP contribution in [-0.4, -0.2) is 22.6 Å². The second-order valence-electron chi connectivity index (χ2n) is 4.14. The number of aromatic nitrogens is 1. The molecule has 1 aromatic heterocycles. The predicted octanol–water partition coefficient (Wildman–Crippen LogP) is 3.05. The molecule has 0 saturated carbocycles. The smallest absolute Gasteiger partial charge is 0.271 e. The molecule has 2 N–H and O–H groups in total. The van der Waals surface area contributed by atoms with Crippen molar-refractivity contribution in [1.29, 1.82) is 0 Å².